The molecule has 7 nitrogen and oxygen atoms in total. The highest BCUT2D eigenvalue weighted by Crippen LogP contribution is 2.25. The summed E-state index contributed by atoms with van der Waals surface area (Å²) in [5.41, 5.74) is 4.67. The van der Waals surface area contributed by atoms with Crippen LogP contribution in [0.15, 0.2) is 53.1 Å². The van der Waals surface area contributed by atoms with Crippen LogP contribution in [0.3, 0.4) is 0 Å². The van der Waals surface area contributed by atoms with Crippen molar-refractivity contribution in [2.24, 2.45) is 0 Å². The smallest absolute Gasteiger partial charge is 0.273 e. The number of hydrogen-bond acceptors (Lipinski definition) is 6. The van der Waals surface area contributed by atoms with Crippen LogP contribution < -0.4 is 10.1 Å². The van der Waals surface area contributed by atoms with Crippen LogP contribution in [0.25, 0.3) is 11.3 Å². The number of nitrogens with one attached hydrogen (secondary N) is 1. The van der Waals surface area contributed by atoms with Gasteiger partial charge < -0.3 is 19.3 Å². The van der Waals surface area contributed by atoms with Crippen LogP contribution in [0.2, 0.25) is 0 Å². The zero-order valence-corrected chi connectivity index (χ0v) is 18.8. The Balaban J connectivity index is 1.47. The first-order chi connectivity index (χ1) is 15.5. The van der Waals surface area contributed by atoms with Crippen LogP contribution in [0.1, 0.15) is 33.2 Å². The Bertz CT molecular complexity index is 1060. The average molecular weight is 436 g/mol. The van der Waals surface area contributed by atoms with Crippen LogP contribution in [0.5, 0.6) is 5.75 Å². The summed E-state index contributed by atoms with van der Waals surface area (Å²) in [6.45, 7) is 7.56. The maximum absolute atomic E-state index is 12.8. The average Bonchev–Trinajstić information content (AvgIpc) is 3.32. The molecule has 3 aromatic rings. The highest BCUT2D eigenvalue weighted by molar-refractivity contribution is 5.93. The molecular weight excluding hydrogens is 406 g/mol. The fraction of sp³-hybridized carbons (Fsp3) is 0.360. The van der Waals surface area contributed by atoms with Crippen LogP contribution >= 0.6 is 0 Å². The van der Waals surface area contributed by atoms with Crippen LogP contribution in [-0.4, -0.2) is 55.9 Å². The molecule has 0 radical (unpaired) electrons. The molecule has 1 aliphatic rings. The molecule has 7 heteroatoms. The van der Waals surface area contributed by atoms with E-state index in [1.807, 2.05) is 49.4 Å². The third-order valence-corrected chi connectivity index (χ3v) is 5.98. The first-order valence-electron chi connectivity index (χ1n) is 10.8. The van der Waals surface area contributed by atoms with Gasteiger partial charge in [0.25, 0.3) is 5.91 Å². The van der Waals surface area contributed by atoms with Gasteiger partial charge in [-0.2, -0.15) is 0 Å². The van der Waals surface area contributed by atoms with Gasteiger partial charge in [0.2, 0.25) is 0 Å². The molecule has 0 saturated carbocycles. The van der Waals surface area contributed by atoms with Gasteiger partial charge >= 0.3 is 0 Å². The van der Waals surface area contributed by atoms with Gasteiger partial charge in [-0.25, -0.2) is 0 Å². The predicted molar refractivity (Wildman–Crippen MR) is 122 cm³/mol. The second-order valence-electron chi connectivity index (χ2n) is 8.02. The Morgan fingerprint density at radius 1 is 1.09 bits per heavy atom. The first kappa shape index (κ1) is 22.0. The largest absolute Gasteiger partial charge is 0.497 e. The number of amides is 1. The topological polar surface area (TPSA) is 76.8 Å². The van der Waals surface area contributed by atoms with E-state index in [0.717, 1.165) is 35.5 Å². The number of methoxy groups -OCH3 is 1. The van der Waals surface area contributed by atoms with Gasteiger partial charge in [-0.1, -0.05) is 29.4 Å². The van der Waals surface area contributed by atoms with Crippen molar-refractivity contribution in [3.63, 3.8) is 0 Å². The van der Waals surface area contributed by atoms with E-state index in [4.69, 9.17) is 14.0 Å². The van der Waals surface area contributed by atoms with E-state index in [9.17, 15) is 4.79 Å². The zero-order valence-electron chi connectivity index (χ0n) is 18.8. The SMILES string of the molecule is COc1ccc([C@@H](CNC(=O)c2cc(-c3ccc(C)c(C)c3)on2)N2CCOCC2)cc1. The molecule has 1 saturated heterocycles. The van der Waals surface area contributed by atoms with Crippen molar-refractivity contribution in [3.05, 3.63) is 70.9 Å². The number of nitrogens with zero attached hydrogens (tertiary/aromatic N) is 2. The number of hydrogen-bond donors (Lipinski definition) is 1. The molecule has 32 heavy (non-hydrogen) atoms. The summed E-state index contributed by atoms with van der Waals surface area (Å²) >= 11 is 0. The second kappa shape index (κ2) is 9.97. The van der Waals surface area contributed by atoms with Crippen molar-refractivity contribution in [2.75, 3.05) is 40.0 Å². The summed E-state index contributed by atoms with van der Waals surface area (Å²) in [4.78, 5) is 15.2. The number of benzene rings is 2. The zero-order chi connectivity index (χ0) is 22.5. The summed E-state index contributed by atoms with van der Waals surface area (Å²) in [5, 5.41) is 7.03. The Hall–Kier alpha value is -3.16. The molecule has 1 N–H and O–H groups in total. The van der Waals surface area contributed by atoms with Gasteiger partial charge in [-0.05, 0) is 48.7 Å². The van der Waals surface area contributed by atoms with Crippen molar-refractivity contribution >= 4 is 5.91 Å². The molecule has 0 bridgehead atoms. The molecule has 1 amide bonds. The molecule has 0 aliphatic carbocycles. The van der Waals surface area contributed by atoms with Crippen molar-refractivity contribution in [1.29, 1.82) is 0 Å². The third kappa shape index (κ3) is 5.00. The van der Waals surface area contributed by atoms with E-state index in [1.54, 1.807) is 13.2 Å². The number of carbonyl (C=O) groups excluding carboxylic acids is 1. The molecule has 2 aromatic carbocycles. The van der Waals surface area contributed by atoms with Crippen molar-refractivity contribution in [2.45, 2.75) is 19.9 Å². The lowest BCUT2D eigenvalue weighted by Crippen LogP contribution is -2.43. The molecule has 0 unspecified atom stereocenters. The van der Waals surface area contributed by atoms with Gasteiger partial charge in [0, 0.05) is 31.3 Å². The number of rotatable bonds is 7. The fourth-order valence-electron chi connectivity index (χ4n) is 3.87. The van der Waals surface area contributed by atoms with Crippen molar-refractivity contribution in [3.8, 4) is 17.1 Å². The van der Waals surface area contributed by atoms with Gasteiger partial charge in [-0.15, -0.1) is 0 Å². The summed E-state index contributed by atoms with van der Waals surface area (Å²) in [7, 11) is 1.65. The summed E-state index contributed by atoms with van der Waals surface area (Å²) in [6.07, 6.45) is 0. The summed E-state index contributed by atoms with van der Waals surface area (Å²) in [6, 6.07) is 15.7. The van der Waals surface area contributed by atoms with Gasteiger partial charge in [0.05, 0.1) is 26.4 Å². The van der Waals surface area contributed by atoms with E-state index < -0.39 is 0 Å². The Labute approximate surface area is 188 Å². The minimum absolute atomic E-state index is 0.0277. The van der Waals surface area contributed by atoms with Crippen molar-refractivity contribution in [1.82, 2.24) is 15.4 Å². The lowest BCUT2D eigenvalue weighted by atomic mass is 10.0. The molecule has 1 aromatic heterocycles. The maximum atomic E-state index is 12.8. The maximum Gasteiger partial charge on any atom is 0.273 e. The third-order valence-electron chi connectivity index (χ3n) is 5.98. The Morgan fingerprint density at radius 2 is 1.84 bits per heavy atom. The molecular formula is C25H29N3O4. The van der Waals surface area contributed by atoms with Crippen LogP contribution in [0, 0.1) is 13.8 Å². The molecule has 2 heterocycles. The lowest BCUT2D eigenvalue weighted by Gasteiger charge is -2.34. The number of aromatic nitrogens is 1. The summed E-state index contributed by atoms with van der Waals surface area (Å²) < 4.78 is 16.2. The molecule has 168 valence electrons. The van der Waals surface area contributed by atoms with Crippen molar-refractivity contribution < 1.29 is 18.8 Å². The number of carbonyl (C=O) groups is 1. The van der Waals surface area contributed by atoms with E-state index in [1.165, 1.54) is 5.56 Å². The predicted octanol–water partition coefficient (Wildman–Crippen LogP) is 3.77. The minimum Gasteiger partial charge on any atom is -0.497 e. The monoisotopic (exact) mass is 435 g/mol. The number of morpholine rings is 1. The molecule has 1 atom stereocenters. The molecule has 1 fully saturated rings. The minimum atomic E-state index is -0.254. The van der Waals surface area contributed by atoms with E-state index in [-0.39, 0.29) is 17.6 Å². The van der Waals surface area contributed by atoms with Gasteiger partial charge in [-0.3, -0.25) is 9.69 Å². The summed E-state index contributed by atoms with van der Waals surface area (Å²) in [5.74, 6) is 1.13. The van der Waals surface area contributed by atoms with E-state index >= 15 is 0 Å². The number of aryl methyl sites for hydroxylation is 2. The standard InChI is InChI=1S/C25H29N3O4/c1-17-4-5-20(14-18(17)2)24-15-22(27-32-24)25(29)26-16-23(28-10-12-31-13-11-28)19-6-8-21(30-3)9-7-19/h4-9,14-15,23H,10-13,16H2,1-3H3,(H,26,29)/t23-/m1/s1. The molecule has 0 spiro atoms. The lowest BCUT2D eigenvalue weighted by molar-refractivity contribution is 0.0162. The second-order valence-corrected chi connectivity index (χ2v) is 8.02. The van der Waals surface area contributed by atoms with Gasteiger partial charge in [0.15, 0.2) is 11.5 Å². The van der Waals surface area contributed by atoms with E-state index in [2.05, 4.69) is 22.3 Å². The molecule has 4 rings (SSSR count). The Kier molecular flexibility index (Phi) is 6.87. The Morgan fingerprint density at radius 3 is 2.53 bits per heavy atom. The van der Waals surface area contributed by atoms with Gasteiger partial charge in [0.1, 0.15) is 5.75 Å². The number of ether oxygens (including phenoxy) is 2. The van der Waals surface area contributed by atoms with Crippen LogP contribution in [0.4, 0.5) is 0 Å². The highest BCUT2D eigenvalue weighted by atomic mass is 16.5. The van der Waals surface area contributed by atoms with E-state index in [0.29, 0.717) is 25.5 Å². The normalized spacial score (nSPS) is 15.3. The molecule has 1 aliphatic heterocycles. The first-order valence-corrected chi connectivity index (χ1v) is 10.8. The quantitative estimate of drug-likeness (QED) is 0.609. The fourth-order valence-corrected chi connectivity index (χ4v) is 3.87. The highest BCUT2D eigenvalue weighted by Gasteiger charge is 2.24. The van der Waals surface area contributed by atoms with Crippen LogP contribution in [-0.2, 0) is 4.74 Å².